The molecule has 2 saturated heterocycles. The molecular formula is C21H26N4O2S. The van der Waals surface area contributed by atoms with Crippen molar-refractivity contribution in [2.45, 2.75) is 31.7 Å². The summed E-state index contributed by atoms with van der Waals surface area (Å²) in [6, 6.07) is 5.89. The Labute approximate surface area is 169 Å². The fraction of sp³-hybridized carbons (Fsp3) is 0.571. The Morgan fingerprint density at radius 1 is 1.18 bits per heavy atom. The second kappa shape index (κ2) is 7.44. The second-order valence-electron chi connectivity index (χ2n) is 8.35. The summed E-state index contributed by atoms with van der Waals surface area (Å²) in [4.78, 5) is 36.4. The van der Waals surface area contributed by atoms with Gasteiger partial charge in [0.25, 0.3) is 5.91 Å². The van der Waals surface area contributed by atoms with Gasteiger partial charge in [0.2, 0.25) is 5.91 Å². The summed E-state index contributed by atoms with van der Waals surface area (Å²) in [6.45, 7) is 4.80. The van der Waals surface area contributed by atoms with Crippen LogP contribution in [0.15, 0.2) is 23.7 Å². The van der Waals surface area contributed by atoms with E-state index in [2.05, 4.69) is 9.88 Å². The van der Waals surface area contributed by atoms with E-state index in [9.17, 15) is 9.59 Å². The number of carbonyl (C=O) groups excluding carboxylic acids is 2. The van der Waals surface area contributed by atoms with E-state index in [1.165, 1.54) is 12.8 Å². The lowest BCUT2D eigenvalue weighted by atomic mass is 10.0. The first-order valence-corrected chi connectivity index (χ1v) is 11.2. The van der Waals surface area contributed by atoms with Crippen LogP contribution < -0.4 is 0 Å². The normalized spacial score (nSPS) is 24.1. The van der Waals surface area contributed by atoms with Crippen LogP contribution in [0.2, 0.25) is 0 Å². The number of rotatable bonds is 4. The van der Waals surface area contributed by atoms with Crippen molar-refractivity contribution in [3.63, 3.8) is 0 Å². The lowest BCUT2D eigenvalue weighted by Gasteiger charge is -2.43. The van der Waals surface area contributed by atoms with Crippen LogP contribution in [0.25, 0.3) is 10.2 Å². The van der Waals surface area contributed by atoms with Gasteiger partial charge in [0, 0.05) is 44.3 Å². The van der Waals surface area contributed by atoms with Gasteiger partial charge in [-0.15, -0.1) is 11.3 Å². The smallest absolute Gasteiger partial charge is 0.253 e. The minimum absolute atomic E-state index is 0.0693. The van der Waals surface area contributed by atoms with Crippen LogP contribution in [0.4, 0.5) is 0 Å². The Morgan fingerprint density at radius 3 is 2.89 bits per heavy atom. The van der Waals surface area contributed by atoms with Gasteiger partial charge in [-0.25, -0.2) is 4.98 Å². The van der Waals surface area contributed by atoms with Crippen molar-refractivity contribution in [3.05, 3.63) is 29.3 Å². The molecule has 1 unspecified atom stereocenters. The molecule has 2 aliphatic heterocycles. The van der Waals surface area contributed by atoms with E-state index in [1.807, 2.05) is 33.5 Å². The molecular weight excluding hydrogens is 372 g/mol. The largest absolute Gasteiger partial charge is 0.337 e. The highest BCUT2D eigenvalue weighted by Gasteiger charge is 2.35. The Hall–Kier alpha value is -1.99. The molecule has 6 nitrogen and oxygen atoms in total. The van der Waals surface area contributed by atoms with Crippen molar-refractivity contribution in [3.8, 4) is 0 Å². The quantitative estimate of drug-likeness (QED) is 0.794. The number of amides is 2. The Morgan fingerprint density at radius 2 is 2.07 bits per heavy atom. The summed E-state index contributed by atoms with van der Waals surface area (Å²) < 4.78 is 1.04. The van der Waals surface area contributed by atoms with Gasteiger partial charge < -0.3 is 9.80 Å². The van der Waals surface area contributed by atoms with Crippen molar-refractivity contribution < 1.29 is 9.59 Å². The van der Waals surface area contributed by atoms with E-state index in [-0.39, 0.29) is 17.9 Å². The zero-order valence-corrected chi connectivity index (χ0v) is 16.9. The molecule has 1 saturated carbocycles. The number of benzene rings is 1. The molecule has 1 atom stereocenters. The number of thiazole rings is 1. The van der Waals surface area contributed by atoms with Crippen molar-refractivity contribution in [2.75, 3.05) is 39.3 Å². The zero-order chi connectivity index (χ0) is 19.1. The molecule has 2 amide bonds. The number of hydrogen-bond acceptors (Lipinski definition) is 5. The number of carbonyl (C=O) groups is 2. The second-order valence-corrected chi connectivity index (χ2v) is 9.23. The van der Waals surface area contributed by atoms with Crippen molar-refractivity contribution in [2.24, 2.45) is 5.92 Å². The van der Waals surface area contributed by atoms with Gasteiger partial charge in [-0.05, 0) is 49.8 Å². The average molecular weight is 399 g/mol. The number of piperazine rings is 1. The van der Waals surface area contributed by atoms with Crippen LogP contribution in [-0.4, -0.2) is 76.8 Å². The van der Waals surface area contributed by atoms with Crippen molar-refractivity contribution in [1.29, 1.82) is 0 Å². The average Bonchev–Trinajstić information content (AvgIpc) is 3.40. The Balaban J connectivity index is 1.24. The molecule has 3 fully saturated rings. The third-order valence-electron chi connectivity index (χ3n) is 6.25. The fourth-order valence-electron chi connectivity index (χ4n) is 4.51. The van der Waals surface area contributed by atoms with E-state index in [1.54, 1.807) is 11.3 Å². The molecule has 0 N–H and O–H groups in total. The van der Waals surface area contributed by atoms with E-state index in [4.69, 9.17) is 0 Å². The maximum atomic E-state index is 13.1. The van der Waals surface area contributed by atoms with Crippen LogP contribution in [0.3, 0.4) is 0 Å². The molecule has 0 radical (unpaired) electrons. The van der Waals surface area contributed by atoms with Gasteiger partial charge in [0.1, 0.15) is 0 Å². The highest BCUT2D eigenvalue weighted by atomic mass is 32.1. The fourth-order valence-corrected chi connectivity index (χ4v) is 5.22. The third kappa shape index (κ3) is 3.65. The van der Waals surface area contributed by atoms with E-state index in [0.717, 1.165) is 60.7 Å². The number of piperidine rings is 1. The van der Waals surface area contributed by atoms with Crippen LogP contribution in [0, 0.1) is 5.92 Å². The van der Waals surface area contributed by atoms with Gasteiger partial charge >= 0.3 is 0 Å². The molecule has 7 heteroatoms. The van der Waals surface area contributed by atoms with Crippen molar-refractivity contribution in [1.82, 2.24) is 19.7 Å². The summed E-state index contributed by atoms with van der Waals surface area (Å²) in [5, 5.41) is 0. The van der Waals surface area contributed by atoms with E-state index in [0.29, 0.717) is 13.1 Å². The van der Waals surface area contributed by atoms with Crippen LogP contribution in [0.1, 0.15) is 36.0 Å². The molecule has 2 aromatic rings. The molecule has 0 bridgehead atoms. The summed E-state index contributed by atoms with van der Waals surface area (Å²) in [7, 11) is 0. The molecule has 1 aromatic carbocycles. The predicted molar refractivity (Wildman–Crippen MR) is 109 cm³/mol. The molecule has 3 aliphatic rings. The highest BCUT2D eigenvalue weighted by Crippen LogP contribution is 2.30. The van der Waals surface area contributed by atoms with Gasteiger partial charge in [-0.3, -0.25) is 14.5 Å². The van der Waals surface area contributed by atoms with Crippen molar-refractivity contribution >= 4 is 33.4 Å². The topological polar surface area (TPSA) is 56.8 Å². The van der Waals surface area contributed by atoms with E-state index < -0.39 is 0 Å². The van der Waals surface area contributed by atoms with Crippen LogP contribution in [0.5, 0.6) is 0 Å². The molecule has 1 aliphatic carbocycles. The number of hydrogen-bond donors (Lipinski definition) is 0. The van der Waals surface area contributed by atoms with Crippen LogP contribution >= 0.6 is 11.3 Å². The number of nitrogens with zero attached hydrogens (tertiary/aromatic N) is 4. The number of likely N-dealkylation sites (tertiary alicyclic amines) is 1. The molecule has 3 heterocycles. The number of fused-ring (bicyclic) bond motifs is 1. The zero-order valence-electron chi connectivity index (χ0n) is 16.0. The van der Waals surface area contributed by atoms with Crippen LogP contribution in [-0.2, 0) is 4.79 Å². The summed E-state index contributed by atoms with van der Waals surface area (Å²) in [5.41, 5.74) is 3.47. The van der Waals surface area contributed by atoms with E-state index >= 15 is 0 Å². The summed E-state index contributed by atoms with van der Waals surface area (Å²) in [6.07, 6.45) is 4.59. The number of aromatic nitrogens is 1. The predicted octanol–water partition coefficient (Wildman–Crippen LogP) is 2.46. The minimum Gasteiger partial charge on any atom is -0.337 e. The molecule has 5 rings (SSSR count). The summed E-state index contributed by atoms with van der Waals surface area (Å²) >= 11 is 1.56. The first kappa shape index (κ1) is 18.1. The molecule has 148 valence electrons. The Bertz CT molecular complexity index is 893. The van der Waals surface area contributed by atoms with Gasteiger partial charge in [0.05, 0.1) is 22.3 Å². The molecule has 28 heavy (non-hydrogen) atoms. The maximum absolute atomic E-state index is 13.1. The molecule has 1 aromatic heterocycles. The standard InChI is InChI=1S/C21H26N4O2S/c26-20-13-23(11-15-3-4-15)8-9-25(20)17-2-1-7-24(12-17)21(27)16-5-6-18-19(10-16)28-14-22-18/h5-6,10,14-15,17H,1-4,7-9,11-13H2. The first-order valence-electron chi connectivity index (χ1n) is 10.3. The lowest BCUT2D eigenvalue weighted by Crippen LogP contribution is -2.58. The van der Waals surface area contributed by atoms with Gasteiger partial charge in [-0.1, -0.05) is 0 Å². The monoisotopic (exact) mass is 398 g/mol. The maximum Gasteiger partial charge on any atom is 0.253 e. The SMILES string of the molecule is O=C(c1ccc2ncsc2c1)N1CCCC(N2CCN(CC3CC3)CC2=O)C1. The summed E-state index contributed by atoms with van der Waals surface area (Å²) in [5.74, 6) is 1.12. The Kier molecular flexibility index (Phi) is 4.80. The lowest BCUT2D eigenvalue weighted by molar-refractivity contribution is -0.139. The minimum atomic E-state index is 0.0693. The first-order chi connectivity index (χ1) is 13.7. The highest BCUT2D eigenvalue weighted by molar-refractivity contribution is 7.16. The van der Waals surface area contributed by atoms with Gasteiger partial charge in [-0.2, -0.15) is 0 Å². The molecule has 0 spiro atoms. The van der Waals surface area contributed by atoms with Gasteiger partial charge in [0.15, 0.2) is 0 Å². The third-order valence-corrected chi connectivity index (χ3v) is 7.04.